The molecule has 0 bridgehead atoms. The van der Waals surface area contributed by atoms with E-state index < -0.39 is 21.5 Å². The van der Waals surface area contributed by atoms with Crippen LogP contribution in [0.5, 0.6) is 0 Å². The molecule has 0 unspecified atom stereocenters. The van der Waals surface area contributed by atoms with Gasteiger partial charge >= 0.3 is 5.97 Å². The number of carboxylic acid groups (broad SMARTS) is 1. The summed E-state index contributed by atoms with van der Waals surface area (Å²) in [7, 11) is -3.80. The summed E-state index contributed by atoms with van der Waals surface area (Å²) < 4.78 is 25.7. The fourth-order valence-corrected chi connectivity index (χ4v) is 3.47. The third-order valence-corrected chi connectivity index (χ3v) is 4.93. The molecule has 1 rings (SSSR count). The summed E-state index contributed by atoms with van der Waals surface area (Å²) in [5.74, 6) is -1.18. The first-order valence-corrected chi connectivity index (χ1v) is 7.00. The minimum absolute atomic E-state index is 0.0938. The average Bonchev–Trinajstić information content (AvgIpc) is 2.30. The van der Waals surface area contributed by atoms with Crippen LogP contribution in [0.15, 0.2) is 35.2 Å². The Kier molecular flexibility index (Phi) is 4.13. The Bertz CT molecular complexity index is 522. The Morgan fingerprint density at radius 3 is 2.17 bits per heavy atom. The Morgan fingerprint density at radius 2 is 1.78 bits per heavy atom. The molecule has 1 aromatic carbocycles. The summed E-state index contributed by atoms with van der Waals surface area (Å²) in [5.41, 5.74) is -1.48. The van der Waals surface area contributed by atoms with E-state index in [1.807, 2.05) is 0 Å². The number of hydrogen-bond acceptors (Lipinski definition) is 3. The lowest BCUT2D eigenvalue weighted by atomic mass is 10.1. The van der Waals surface area contributed by atoms with Crippen LogP contribution < -0.4 is 0 Å². The quantitative estimate of drug-likeness (QED) is 0.882. The number of likely N-dealkylation sites (N-methyl/N-ethyl adjacent to an activating group) is 1. The molecule has 6 heteroatoms. The topological polar surface area (TPSA) is 74.7 Å². The maximum Gasteiger partial charge on any atom is 0.324 e. The molecule has 0 aliphatic heterocycles. The van der Waals surface area contributed by atoms with Gasteiger partial charge in [0.25, 0.3) is 0 Å². The summed E-state index contributed by atoms with van der Waals surface area (Å²) in [5, 5.41) is 9.15. The van der Waals surface area contributed by atoms with Crippen LogP contribution in [0, 0.1) is 0 Å². The number of aliphatic carboxylic acids is 1. The molecular weight excluding hydrogens is 254 g/mol. The molecule has 0 radical (unpaired) electrons. The molecule has 0 aliphatic carbocycles. The van der Waals surface area contributed by atoms with E-state index in [-0.39, 0.29) is 11.4 Å². The highest BCUT2D eigenvalue weighted by Gasteiger charge is 2.41. The Balaban J connectivity index is 3.30. The molecule has 0 heterocycles. The maximum atomic E-state index is 12.4. The van der Waals surface area contributed by atoms with Crippen molar-refractivity contribution in [2.45, 2.75) is 31.2 Å². The smallest absolute Gasteiger partial charge is 0.324 e. The van der Waals surface area contributed by atoms with Crippen LogP contribution in [0.4, 0.5) is 0 Å². The second kappa shape index (κ2) is 5.07. The highest BCUT2D eigenvalue weighted by atomic mass is 32.2. The summed E-state index contributed by atoms with van der Waals surface area (Å²) in [4.78, 5) is 11.3. The van der Waals surface area contributed by atoms with E-state index in [0.717, 1.165) is 4.31 Å². The highest BCUT2D eigenvalue weighted by molar-refractivity contribution is 7.89. The Morgan fingerprint density at radius 1 is 1.28 bits per heavy atom. The normalized spacial score (nSPS) is 12.7. The lowest BCUT2D eigenvalue weighted by molar-refractivity contribution is -0.146. The van der Waals surface area contributed by atoms with E-state index in [0.29, 0.717) is 0 Å². The zero-order chi connectivity index (χ0) is 14.0. The summed E-state index contributed by atoms with van der Waals surface area (Å²) in [6.07, 6.45) is 0. The molecule has 0 saturated carbocycles. The molecule has 0 amide bonds. The molecule has 1 N–H and O–H groups in total. The molecule has 0 aromatic heterocycles. The lowest BCUT2D eigenvalue weighted by Crippen LogP contribution is -2.52. The van der Waals surface area contributed by atoms with E-state index >= 15 is 0 Å². The van der Waals surface area contributed by atoms with Crippen LogP contribution >= 0.6 is 0 Å². The van der Waals surface area contributed by atoms with Crippen molar-refractivity contribution in [1.82, 2.24) is 4.31 Å². The number of hydrogen-bond donors (Lipinski definition) is 1. The van der Waals surface area contributed by atoms with Crippen molar-refractivity contribution in [1.29, 1.82) is 0 Å². The van der Waals surface area contributed by atoms with E-state index in [2.05, 4.69) is 0 Å². The van der Waals surface area contributed by atoms with Crippen molar-refractivity contribution in [2.24, 2.45) is 0 Å². The number of carboxylic acids is 1. The third kappa shape index (κ3) is 2.54. The fraction of sp³-hybridized carbons (Fsp3) is 0.417. The molecule has 0 fully saturated rings. The maximum absolute atomic E-state index is 12.4. The lowest BCUT2D eigenvalue weighted by Gasteiger charge is -2.32. The minimum Gasteiger partial charge on any atom is -0.480 e. The standard InChI is InChI=1S/C12H17NO4S/c1-4-13(12(2,3)11(14)15)18(16,17)10-8-6-5-7-9-10/h5-9H,4H2,1-3H3,(H,14,15). The summed E-state index contributed by atoms with van der Waals surface area (Å²) in [6, 6.07) is 7.83. The molecule has 0 spiro atoms. The Labute approximate surface area is 107 Å². The zero-order valence-corrected chi connectivity index (χ0v) is 11.4. The fourth-order valence-electron chi connectivity index (χ4n) is 1.69. The second-order valence-electron chi connectivity index (χ2n) is 4.35. The van der Waals surface area contributed by atoms with Crippen LogP contribution in [0.25, 0.3) is 0 Å². The van der Waals surface area contributed by atoms with E-state index in [1.54, 1.807) is 25.1 Å². The van der Waals surface area contributed by atoms with Crippen LogP contribution in [0.2, 0.25) is 0 Å². The first-order valence-electron chi connectivity index (χ1n) is 5.56. The van der Waals surface area contributed by atoms with Crippen LogP contribution in [0.3, 0.4) is 0 Å². The minimum atomic E-state index is -3.80. The van der Waals surface area contributed by atoms with Gasteiger partial charge in [-0.15, -0.1) is 0 Å². The first kappa shape index (κ1) is 14.7. The molecule has 0 atom stereocenters. The van der Waals surface area contributed by atoms with Gasteiger partial charge in [-0.05, 0) is 26.0 Å². The van der Waals surface area contributed by atoms with Crippen LogP contribution in [-0.4, -0.2) is 35.9 Å². The Hall–Kier alpha value is -1.40. The zero-order valence-electron chi connectivity index (χ0n) is 10.6. The van der Waals surface area contributed by atoms with Gasteiger partial charge in [-0.3, -0.25) is 4.79 Å². The van der Waals surface area contributed by atoms with E-state index in [4.69, 9.17) is 5.11 Å². The number of carbonyl (C=O) groups is 1. The summed E-state index contributed by atoms with van der Waals surface area (Å²) >= 11 is 0. The number of rotatable bonds is 5. The van der Waals surface area contributed by atoms with Gasteiger partial charge < -0.3 is 5.11 Å². The molecule has 5 nitrogen and oxygen atoms in total. The van der Waals surface area contributed by atoms with Crippen molar-refractivity contribution in [3.63, 3.8) is 0 Å². The molecule has 18 heavy (non-hydrogen) atoms. The summed E-state index contributed by atoms with van der Waals surface area (Å²) in [6.45, 7) is 4.46. The van der Waals surface area contributed by atoms with Crippen molar-refractivity contribution >= 4 is 16.0 Å². The van der Waals surface area contributed by atoms with Gasteiger partial charge in [0.1, 0.15) is 5.54 Å². The van der Waals surface area contributed by atoms with Gasteiger partial charge in [-0.25, -0.2) is 8.42 Å². The predicted molar refractivity (Wildman–Crippen MR) is 67.7 cm³/mol. The van der Waals surface area contributed by atoms with Gasteiger partial charge in [0.15, 0.2) is 0 Å². The molecule has 1 aromatic rings. The largest absolute Gasteiger partial charge is 0.480 e. The van der Waals surface area contributed by atoms with Gasteiger partial charge in [0, 0.05) is 6.54 Å². The van der Waals surface area contributed by atoms with Crippen molar-refractivity contribution in [3.8, 4) is 0 Å². The predicted octanol–water partition coefficient (Wildman–Crippen LogP) is 1.56. The van der Waals surface area contributed by atoms with E-state index in [1.165, 1.54) is 26.0 Å². The first-order chi connectivity index (χ1) is 8.24. The highest BCUT2D eigenvalue weighted by Crippen LogP contribution is 2.24. The average molecular weight is 271 g/mol. The van der Waals surface area contributed by atoms with Gasteiger partial charge in [-0.1, -0.05) is 25.1 Å². The van der Waals surface area contributed by atoms with Crippen molar-refractivity contribution in [3.05, 3.63) is 30.3 Å². The molecular formula is C12H17NO4S. The van der Waals surface area contributed by atoms with Gasteiger partial charge in [0.05, 0.1) is 4.90 Å². The monoisotopic (exact) mass is 271 g/mol. The third-order valence-electron chi connectivity index (χ3n) is 2.77. The van der Waals surface area contributed by atoms with Crippen LogP contribution in [0.1, 0.15) is 20.8 Å². The number of sulfonamides is 1. The molecule has 0 saturated heterocycles. The van der Waals surface area contributed by atoms with Gasteiger partial charge in [0.2, 0.25) is 10.0 Å². The van der Waals surface area contributed by atoms with Crippen molar-refractivity contribution in [2.75, 3.05) is 6.54 Å². The van der Waals surface area contributed by atoms with Crippen molar-refractivity contribution < 1.29 is 18.3 Å². The SMILES string of the molecule is CCN(C(C)(C)C(=O)O)S(=O)(=O)c1ccccc1. The second-order valence-corrected chi connectivity index (χ2v) is 6.21. The molecule has 0 aliphatic rings. The number of benzene rings is 1. The molecule has 100 valence electrons. The van der Waals surface area contributed by atoms with Gasteiger partial charge in [-0.2, -0.15) is 4.31 Å². The number of nitrogens with zero attached hydrogens (tertiary/aromatic N) is 1. The van der Waals surface area contributed by atoms with E-state index in [9.17, 15) is 13.2 Å². The van der Waals surface area contributed by atoms with Crippen LogP contribution in [-0.2, 0) is 14.8 Å².